The number of benzene rings is 2. The number of carbonyl (C=O) groups excluding carboxylic acids is 1. The molecule has 0 aromatic heterocycles. The first-order valence-corrected chi connectivity index (χ1v) is 13.4. The highest BCUT2D eigenvalue weighted by Gasteiger charge is 2.11. The third-order valence-electron chi connectivity index (χ3n) is 6.02. The van der Waals surface area contributed by atoms with Gasteiger partial charge in [0.1, 0.15) is 31.3 Å². The molecule has 0 aliphatic heterocycles. The zero-order valence-electron chi connectivity index (χ0n) is 22.9. The van der Waals surface area contributed by atoms with Crippen LogP contribution in [0.5, 0.6) is 11.5 Å². The van der Waals surface area contributed by atoms with Crippen LogP contribution in [0.2, 0.25) is 0 Å². The number of ether oxygens (including phenoxy) is 4. The first-order valence-electron chi connectivity index (χ1n) is 13.4. The van der Waals surface area contributed by atoms with E-state index in [9.17, 15) is 9.90 Å². The van der Waals surface area contributed by atoms with E-state index in [4.69, 9.17) is 29.2 Å². The molecule has 0 bridgehead atoms. The summed E-state index contributed by atoms with van der Waals surface area (Å²) in [6.07, 6.45) is 5.63. The molecule has 0 saturated heterocycles. The molecule has 0 amide bonds. The summed E-state index contributed by atoms with van der Waals surface area (Å²) >= 11 is 0. The highest BCUT2D eigenvalue weighted by atomic mass is 16.6. The van der Waals surface area contributed by atoms with Crippen molar-refractivity contribution in [3.05, 3.63) is 72.3 Å². The maximum absolute atomic E-state index is 11.7. The smallest absolute Gasteiger partial charge is 0.335 e. The Bertz CT molecular complexity index is 1050. The number of aryl methyl sites for hydroxylation is 1. The fourth-order valence-electron chi connectivity index (χ4n) is 3.78. The van der Waals surface area contributed by atoms with Crippen molar-refractivity contribution in [3.8, 4) is 22.6 Å². The van der Waals surface area contributed by atoms with Gasteiger partial charge in [0.15, 0.2) is 6.29 Å². The maximum atomic E-state index is 11.7. The van der Waals surface area contributed by atoms with Gasteiger partial charge in [0, 0.05) is 5.57 Å². The molecular formula is C31H42O8. The molecule has 2 aromatic rings. The van der Waals surface area contributed by atoms with Gasteiger partial charge in [0.05, 0.1) is 25.4 Å². The Morgan fingerprint density at radius 2 is 1.59 bits per heavy atom. The molecule has 8 heteroatoms. The van der Waals surface area contributed by atoms with Crippen LogP contribution in [-0.2, 0) is 20.7 Å². The SMILES string of the molecule is C=C(CO)C(=O)OCCOc1ccc(CCCCCCC)c(-c2cccc(OCCOC(O)C(=C)CO)c2)c1. The number of esters is 1. The van der Waals surface area contributed by atoms with Crippen LogP contribution < -0.4 is 9.47 Å². The first kappa shape index (κ1) is 32.0. The number of aliphatic hydroxyl groups is 3. The van der Waals surface area contributed by atoms with Crippen LogP contribution in [0.4, 0.5) is 0 Å². The molecule has 3 N–H and O–H groups in total. The summed E-state index contributed by atoms with van der Waals surface area (Å²) in [5.41, 5.74) is 3.40. The third kappa shape index (κ3) is 11.6. The third-order valence-corrected chi connectivity index (χ3v) is 6.02. The van der Waals surface area contributed by atoms with Crippen LogP contribution in [0.3, 0.4) is 0 Å². The summed E-state index contributed by atoms with van der Waals surface area (Å²) in [5.74, 6) is 0.660. The van der Waals surface area contributed by atoms with Gasteiger partial charge in [0.25, 0.3) is 0 Å². The van der Waals surface area contributed by atoms with Gasteiger partial charge >= 0.3 is 5.97 Å². The Kier molecular flexibility index (Phi) is 14.9. The van der Waals surface area contributed by atoms with Crippen molar-refractivity contribution in [2.75, 3.05) is 39.6 Å². The molecule has 0 spiro atoms. The largest absolute Gasteiger partial charge is 0.491 e. The summed E-state index contributed by atoms with van der Waals surface area (Å²) in [5, 5.41) is 27.7. The summed E-state index contributed by atoms with van der Waals surface area (Å²) in [6, 6.07) is 13.7. The number of unbranched alkanes of at least 4 members (excludes halogenated alkanes) is 4. The minimum Gasteiger partial charge on any atom is -0.491 e. The van der Waals surface area contributed by atoms with Gasteiger partial charge in [-0.05, 0) is 53.8 Å². The van der Waals surface area contributed by atoms with Gasteiger partial charge < -0.3 is 34.3 Å². The van der Waals surface area contributed by atoms with E-state index in [1.807, 2.05) is 36.4 Å². The highest BCUT2D eigenvalue weighted by Crippen LogP contribution is 2.31. The molecule has 0 aliphatic carbocycles. The molecule has 0 radical (unpaired) electrons. The second kappa shape index (κ2) is 18.2. The lowest BCUT2D eigenvalue weighted by atomic mass is 9.95. The Labute approximate surface area is 231 Å². The molecule has 0 aliphatic rings. The highest BCUT2D eigenvalue weighted by molar-refractivity contribution is 5.87. The van der Waals surface area contributed by atoms with Crippen LogP contribution in [0.15, 0.2) is 66.8 Å². The van der Waals surface area contributed by atoms with E-state index >= 15 is 0 Å². The number of aliphatic hydroxyl groups excluding tert-OH is 3. The molecule has 8 nitrogen and oxygen atoms in total. The second-order valence-electron chi connectivity index (χ2n) is 9.15. The van der Waals surface area contributed by atoms with Crippen molar-refractivity contribution in [1.29, 1.82) is 0 Å². The topological polar surface area (TPSA) is 115 Å². The lowest BCUT2D eigenvalue weighted by Gasteiger charge is -2.15. The van der Waals surface area contributed by atoms with Gasteiger partial charge in [-0.25, -0.2) is 4.79 Å². The fraction of sp³-hybridized carbons (Fsp3) is 0.452. The van der Waals surface area contributed by atoms with Gasteiger partial charge in [0.2, 0.25) is 0 Å². The zero-order chi connectivity index (χ0) is 28.5. The summed E-state index contributed by atoms with van der Waals surface area (Å²) in [6.45, 7) is 8.95. The monoisotopic (exact) mass is 542 g/mol. The normalized spacial score (nSPS) is 11.6. The molecule has 214 valence electrons. The van der Waals surface area contributed by atoms with Crippen LogP contribution in [0.1, 0.15) is 44.6 Å². The Balaban J connectivity index is 2.08. The Morgan fingerprint density at radius 3 is 2.31 bits per heavy atom. The molecular weight excluding hydrogens is 500 g/mol. The van der Waals surface area contributed by atoms with Gasteiger partial charge in [-0.15, -0.1) is 0 Å². The minimum atomic E-state index is -1.23. The number of rotatable bonds is 20. The van der Waals surface area contributed by atoms with E-state index in [1.165, 1.54) is 31.2 Å². The number of hydrogen-bond donors (Lipinski definition) is 3. The van der Waals surface area contributed by atoms with Crippen molar-refractivity contribution in [3.63, 3.8) is 0 Å². The van der Waals surface area contributed by atoms with Crippen LogP contribution >= 0.6 is 0 Å². The molecule has 0 fully saturated rings. The van der Waals surface area contributed by atoms with Crippen LogP contribution in [0, 0.1) is 0 Å². The molecule has 39 heavy (non-hydrogen) atoms. The van der Waals surface area contributed by atoms with Crippen molar-refractivity contribution in [1.82, 2.24) is 0 Å². The van der Waals surface area contributed by atoms with Gasteiger partial charge in [-0.1, -0.05) is 64.0 Å². The fourth-order valence-corrected chi connectivity index (χ4v) is 3.78. The summed E-state index contributed by atoms with van der Waals surface area (Å²) < 4.78 is 21.9. The van der Waals surface area contributed by atoms with E-state index in [0.29, 0.717) is 11.5 Å². The quantitative estimate of drug-likeness (QED) is 0.0731. The van der Waals surface area contributed by atoms with Crippen LogP contribution in [0.25, 0.3) is 11.1 Å². The minimum absolute atomic E-state index is 0.000956. The molecule has 1 atom stereocenters. The number of carbonyl (C=O) groups is 1. The first-order chi connectivity index (χ1) is 18.9. The second-order valence-corrected chi connectivity index (χ2v) is 9.15. The van der Waals surface area contributed by atoms with E-state index in [0.717, 1.165) is 24.0 Å². The van der Waals surface area contributed by atoms with E-state index in [2.05, 4.69) is 26.1 Å². The molecule has 0 heterocycles. The molecule has 0 saturated carbocycles. The van der Waals surface area contributed by atoms with E-state index in [-0.39, 0.29) is 44.2 Å². The molecule has 2 rings (SSSR count). The predicted molar refractivity (Wildman–Crippen MR) is 151 cm³/mol. The Morgan fingerprint density at radius 1 is 0.872 bits per heavy atom. The van der Waals surface area contributed by atoms with Crippen LogP contribution in [-0.4, -0.2) is 67.2 Å². The standard InChI is InChI=1S/C31H42O8/c1-4-5-6-7-8-10-25-13-14-28(37-16-18-39-31(35)24(3)22-33)20-29(25)26-11-9-12-27(19-26)36-15-17-38-30(34)23(2)21-32/h9,11-14,19-20,30,32-34H,2-8,10,15-18,21-22H2,1H3. The van der Waals surface area contributed by atoms with E-state index < -0.39 is 18.9 Å². The average Bonchev–Trinajstić information content (AvgIpc) is 2.96. The Hall–Kier alpha value is -3.17. The average molecular weight is 543 g/mol. The molecule has 1 unspecified atom stereocenters. The van der Waals surface area contributed by atoms with Gasteiger partial charge in [-0.2, -0.15) is 0 Å². The maximum Gasteiger partial charge on any atom is 0.335 e. The number of hydrogen-bond acceptors (Lipinski definition) is 8. The van der Waals surface area contributed by atoms with Gasteiger partial charge in [-0.3, -0.25) is 0 Å². The lowest BCUT2D eigenvalue weighted by Crippen LogP contribution is -2.20. The van der Waals surface area contributed by atoms with E-state index in [1.54, 1.807) is 0 Å². The van der Waals surface area contributed by atoms with Crippen molar-refractivity contribution in [2.24, 2.45) is 0 Å². The van der Waals surface area contributed by atoms with Crippen molar-refractivity contribution in [2.45, 2.75) is 51.7 Å². The predicted octanol–water partition coefficient (Wildman–Crippen LogP) is 4.60. The lowest BCUT2D eigenvalue weighted by molar-refractivity contribution is -0.140. The summed E-state index contributed by atoms with van der Waals surface area (Å²) in [7, 11) is 0. The van der Waals surface area contributed by atoms with Crippen molar-refractivity contribution < 1.29 is 39.1 Å². The van der Waals surface area contributed by atoms with Crippen molar-refractivity contribution >= 4 is 5.97 Å². The summed E-state index contributed by atoms with van der Waals surface area (Å²) in [4.78, 5) is 11.7. The zero-order valence-corrected chi connectivity index (χ0v) is 22.9. The molecule has 2 aromatic carbocycles.